The molecule has 0 saturated heterocycles. The molecular weight excluding hydrogens is 434 g/mol. The van der Waals surface area contributed by atoms with Crippen LogP contribution >= 0.6 is 0 Å². The molecule has 4 aromatic carbocycles. The molecule has 0 radical (unpaired) electrons. The number of benzene rings is 4. The fourth-order valence-electron chi connectivity index (χ4n) is 4.54. The molecule has 2 unspecified atom stereocenters. The Hall–Kier alpha value is -4.05. The summed E-state index contributed by atoms with van der Waals surface area (Å²) >= 11 is 0. The lowest BCUT2D eigenvalue weighted by Crippen LogP contribution is -2.25. The van der Waals surface area contributed by atoms with Crippen molar-refractivity contribution in [3.8, 4) is 11.5 Å². The third kappa shape index (κ3) is 6.10. The summed E-state index contributed by atoms with van der Waals surface area (Å²) in [6, 6.07) is 36.8. The van der Waals surface area contributed by atoms with Gasteiger partial charge in [0.2, 0.25) is 0 Å². The normalized spacial score (nSPS) is 12.4. The highest BCUT2D eigenvalue weighted by Gasteiger charge is 2.29. The second-order valence-electron chi connectivity index (χ2n) is 8.56. The highest BCUT2D eigenvalue weighted by molar-refractivity contribution is 5.96. The lowest BCUT2D eigenvalue weighted by atomic mass is 9.77. The fraction of sp³-hybridized carbons (Fsp3) is 0.194. The zero-order valence-corrected chi connectivity index (χ0v) is 20.2. The second-order valence-corrected chi connectivity index (χ2v) is 8.56. The van der Waals surface area contributed by atoms with Gasteiger partial charge in [0.1, 0.15) is 11.5 Å². The van der Waals surface area contributed by atoms with E-state index in [1.807, 2.05) is 60.7 Å². The molecule has 0 saturated carbocycles. The molecule has 0 bridgehead atoms. The Bertz CT molecular complexity index is 1110. The summed E-state index contributed by atoms with van der Waals surface area (Å²) in [7, 11) is 3.33. The summed E-state index contributed by atoms with van der Waals surface area (Å²) in [4.78, 5) is 0. The van der Waals surface area contributed by atoms with Crippen molar-refractivity contribution < 1.29 is 14.7 Å². The molecule has 0 spiro atoms. The van der Waals surface area contributed by atoms with Crippen molar-refractivity contribution in [3.63, 3.8) is 0 Å². The van der Waals surface area contributed by atoms with Crippen molar-refractivity contribution in [3.05, 3.63) is 131 Å². The van der Waals surface area contributed by atoms with Crippen LogP contribution in [0.25, 0.3) is 0 Å². The maximum atomic E-state index is 10.5. The fourth-order valence-corrected chi connectivity index (χ4v) is 4.54. The summed E-state index contributed by atoms with van der Waals surface area (Å²) in [6.07, 6.45) is 1.43. The van der Waals surface area contributed by atoms with Gasteiger partial charge in [-0.15, -0.1) is 0 Å². The van der Waals surface area contributed by atoms with Crippen LogP contribution in [0.1, 0.15) is 34.1 Å². The molecule has 0 heterocycles. The van der Waals surface area contributed by atoms with Crippen molar-refractivity contribution in [1.29, 1.82) is 0 Å². The molecule has 178 valence electrons. The number of nitrogens with zero attached hydrogens (tertiary/aromatic N) is 1. The largest absolute Gasteiger partial charge is 0.497 e. The zero-order valence-electron chi connectivity index (χ0n) is 20.2. The van der Waals surface area contributed by atoms with Gasteiger partial charge in [-0.1, -0.05) is 90.1 Å². The standard InChI is InChI=1S/C31H31NO3/c1-34-27-17-13-25(14-18-27)29(21-23-9-5-3-6-10-23)31(32-33)30(22-24-11-7-4-8-12-24)26-15-19-28(35-2)20-16-26/h3-20,29-30,33H,21-22H2,1-2H3. The molecule has 0 aliphatic rings. The average Bonchev–Trinajstić information content (AvgIpc) is 2.93. The Kier molecular flexibility index (Phi) is 8.18. The van der Waals surface area contributed by atoms with Gasteiger partial charge in [-0.05, 0) is 59.4 Å². The second kappa shape index (κ2) is 11.9. The van der Waals surface area contributed by atoms with E-state index in [1.165, 1.54) is 11.1 Å². The molecule has 4 rings (SSSR count). The molecule has 0 aliphatic carbocycles. The van der Waals surface area contributed by atoms with Gasteiger partial charge >= 0.3 is 0 Å². The summed E-state index contributed by atoms with van der Waals surface area (Å²) in [5.41, 5.74) is 5.25. The van der Waals surface area contributed by atoms with Crippen molar-refractivity contribution in [2.24, 2.45) is 5.16 Å². The van der Waals surface area contributed by atoms with E-state index in [0.29, 0.717) is 12.8 Å². The van der Waals surface area contributed by atoms with E-state index in [2.05, 4.69) is 53.7 Å². The first-order chi connectivity index (χ1) is 17.2. The van der Waals surface area contributed by atoms with E-state index in [4.69, 9.17) is 9.47 Å². The maximum absolute atomic E-state index is 10.5. The van der Waals surface area contributed by atoms with Gasteiger partial charge in [-0.3, -0.25) is 0 Å². The van der Waals surface area contributed by atoms with Gasteiger partial charge in [-0.2, -0.15) is 0 Å². The van der Waals surface area contributed by atoms with E-state index < -0.39 is 0 Å². The number of rotatable bonds is 10. The topological polar surface area (TPSA) is 51.0 Å². The number of methoxy groups -OCH3 is 2. The predicted octanol–water partition coefficient (Wildman–Crippen LogP) is 6.89. The Morgan fingerprint density at radius 3 is 1.29 bits per heavy atom. The summed E-state index contributed by atoms with van der Waals surface area (Å²) < 4.78 is 10.8. The maximum Gasteiger partial charge on any atom is 0.118 e. The molecule has 35 heavy (non-hydrogen) atoms. The highest BCUT2D eigenvalue weighted by Crippen LogP contribution is 2.34. The molecule has 1 N–H and O–H groups in total. The smallest absolute Gasteiger partial charge is 0.118 e. The first-order valence-corrected chi connectivity index (χ1v) is 11.8. The SMILES string of the molecule is COc1ccc(C(Cc2ccccc2)C(=NO)C(Cc2ccccc2)c2ccc(OC)cc2)cc1. The van der Waals surface area contributed by atoms with E-state index in [1.54, 1.807) is 14.2 Å². The van der Waals surface area contributed by atoms with Crippen LogP contribution in [-0.2, 0) is 12.8 Å². The first-order valence-electron chi connectivity index (χ1n) is 11.8. The van der Waals surface area contributed by atoms with Crippen LogP contribution in [0.5, 0.6) is 11.5 Å². The molecule has 2 atom stereocenters. The minimum atomic E-state index is -0.121. The van der Waals surface area contributed by atoms with Gasteiger partial charge in [0, 0.05) is 11.8 Å². The quantitative estimate of drug-likeness (QED) is 0.158. The zero-order chi connectivity index (χ0) is 24.5. The number of oxime groups is 1. The average molecular weight is 466 g/mol. The monoisotopic (exact) mass is 465 g/mol. The molecule has 0 aromatic heterocycles. The number of hydrogen-bond donors (Lipinski definition) is 1. The van der Waals surface area contributed by atoms with Crippen LogP contribution in [0.2, 0.25) is 0 Å². The minimum Gasteiger partial charge on any atom is -0.497 e. The molecule has 4 heteroatoms. The first kappa shape index (κ1) is 24.1. The van der Waals surface area contributed by atoms with E-state index in [0.717, 1.165) is 28.3 Å². The van der Waals surface area contributed by atoms with Crippen LogP contribution in [-0.4, -0.2) is 25.1 Å². The van der Waals surface area contributed by atoms with Gasteiger partial charge in [-0.25, -0.2) is 0 Å². The van der Waals surface area contributed by atoms with Crippen LogP contribution < -0.4 is 9.47 Å². The van der Waals surface area contributed by atoms with Gasteiger partial charge in [0.25, 0.3) is 0 Å². The highest BCUT2D eigenvalue weighted by atomic mass is 16.5. The predicted molar refractivity (Wildman–Crippen MR) is 141 cm³/mol. The van der Waals surface area contributed by atoms with Crippen LogP contribution in [0.4, 0.5) is 0 Å². The third-order valence-electron chi connectivity index (χ3n) is 6.43. The van der Waals surface area contributed by atoms with E-state index in [-0.39, 0.29) is 11.8 Å². The van der Waals surface area contributed by atoms with Gasteiger partial charge < -0.3 is 14.7 Å². The van der Waals surface area contributed by atoms with Gasteiger partial charge in [0.15, 0.2) is 0 Å². The molecular formula is C31H31NO3. The molecule has 0 aliphatic heterocycles. The van der Waals surface area contributed by atoms with Crippen molar-refractivity contribution >= 4 is 5.71 Å². The van der Waals surface area contributed by atoms with E-state index in [9.17, 15) is 5.21 Å². The van der Waals surface area contributed by atoms with Crippen molar-refractivity contribution in [2.75, 3.05) is 14.2 Å². The Morgan fingerprint density at radius 1 is 0.600 bits per heavy atom. The Morgan fingerprint density at radius 2 is 0.971 bits per heavy atom. The van der Waals surface area contributed by atoms with Crippen LogP contribution in [0.3, 0.4) is 0 Å². The van der Waals surface area contributed by atoms with Crippen LogP contribution in [0, 0.1) is 0 Å². The Balaban J connectivity index is 1.78. The summed E-state index contributed by atoms with van der Waals surface area (Å²) in [5, 5.41) is 14.5. The molecule has 4 nitrogen and oxygen atoms in total. The lowest BCUT2D eigenvalue weighted by Gasteiger charge is -2.27. The minimum absolute atomic E-state index is 0.121. The summed E-state index contributed by atoms with van der Waals surface area (Å²) in [5.74, 6) is 1.35. The lowest BCUT2D eigenvalue weighted by molar-refractivity contribution is 0.313. The summed E-state index contributed by atoms with van der Waals surface area (Å²) in [6.45, 7) is 0. The van der Waals surface area contributed by atoms with E-state index >= 15 is 0 Å². The third-order valence-corrected chi connectivity index (χ3v) is 6.43. The van der Waals surface area contributed by atoms with Crippen LogP contribution in [0.15, 0.2) is 114 Å². The molecule has 4 aromatic rings. The Labute approximate surface area is 207 Å². The number of ether oxygens (including phenoxy) is 2. The molecule has 0 amide bonds. The van der Waals surface area contributed by atoms with Gasteiger partial charge in [0.05, 0.1) is 19.9 Å². The van der Waals surface area contributed by atoms with Crippen molar-refractivity contribution in [1.82, 2.24) is 0 Å². The van der Waals surface area contributed by atoms with Crippen molar-refractivity contribution in [2.45, 2.75) is 24.7 Å². The number of hydrogen-bond acceptors (Lipinski definition) is 4. The molecule has 0 fully saturated rings.